The van der Waals surface area contributed by atoms with Crippen LogP contribution in [-0.4, -0.2) is 36.1 Å². The molecule has 0 bridgehead atoms. The molecular formula is C15H17NO3. The van der Waals surface area contributed by atoms with Gasteiger partial charge in [0.1, 0.15) is 11.5 Å². The van der Waals surface area contributed by atoms with E-state index in [1.54, 1.807) is 17.0 Å². The molecule has 1 N–H and O–H groups in total. The first-order valence-corrected chi connectivity index (χ1v) is 6.25. The first-order valence-electron chi connectivity index (χ1n) is 6.25. The second-order valence-corrected chi connectivity index (χ2v) is 4.72. The number of amides is 1. The van der Waals surface area contributed by atoms with E-state index < -0.39 is 0 Å². The van der Waals surface area contributed by atoms with Gasteiger partial charge in [0, 0.05) is 12.6 Å². The maximum Gasteiger partial charge on any atom is 0.258 e. The fourth-order valence-corrected chi connectivity index (χ4v) is 1.93. The molecule has 0 saturated heterocycles. The predicted molar refractivity (Wildman–Crippen MR) is 72.1 cm³/mol. The second kappa shape index (κ2) is 5.66. The van der Waals surface area contributed by atoms with Gasteiger partial charge < -0.3 is 14.7 Å². The summed E-state index contributed by atoms with van der Waals surface area (Å²) in [7, 11) is 1.51. The van der Waals surface area contributed by atoms with Crippen LogP contribution in [0.1, 0.15) is 23.2 Å². The highest BCUT2D eigenvalue weighted by molar-refractivity contribution is 5.97. The summed E-state index contributed by atoms with van der Waals surface area (Å²) in [5, 5.41) is 9.88. The summed E-state index contributed by atoms with van der Waals surface area (Å²) >= 11 is 0. The number of ether oxygens (including phenoxy) is 1. The molecule has 1 saturated carbocycles. The molecule has 1 amide bonds. The smallest absolute Gasteiger partial charge is 0.258 e. The van der Waals surface area contributed by atoms with E-state index in [2.05, 4.69) is 5.92 Å². The summed E-state index contributed by atoms with van der Waals surface area (Å²) < 4.78 is 5.00. The molecule has 0 atom stereocenters. The van der Waals surface area contributed by atoms with Crippen molar-refractivity contribution >= 4 is 5.91 Å². The van der Waals surface area contributed by atoms with E-state index in [1.165, 1.54) is 13.2 Å². The maximum absolute atomic E-state index is 12.3. The number of methoxy groups -OCH3 is 1. The van der Waals surface area contributed by atoms with Crippen molar-refractivity contribution in [2.24, 2.45) is 5.92 Å². The van der Waals surface area contributed by atoms with Crippen LogP contribution >= 0.6 is 0 Å². The third kappa shape index (κ3) is 3.19. The molecule has 1 aliphatic carbocycles. The minimum Gasteiger partial charge on any atom is -0.507 e. The van der Waals surface area contributed by atoms with Gasteiger partial charge in [0.15, 0.2) is 0 Å². The Morgan fingerprint density at radius 2 is 2.32 bits per heavy atom. The number of carbonyl (C=O) groups excluding carboxylic acids is 1. The summed E-state index contributed by atoms with van der Waals surface area (Å²) in [6.07, 6.45) is 7.58. The number of hydrogen-bond donors (Lipinski definition) is 1. The number of phenolic OH excluding ortho intramolecular Hbond substituents is 1. The molecule has 1 aromatic rings. The Kier molecular flexibility index (Phi) is 3.96. The number of aromatic hydroxyl groups is 1. The van der Waals surface area contributed by atoms with Crippen LogP contribution in [0.5, 0.6) is 11.5 Å². The maximum atomic E-state index is 12.3. The van der Waals surface area contributed by atoms with Gasteiger partial charge in [0.05, 0.1) is 19.2 Å². The second-order valence-electron chi connectivity index (χ2n) is 4.72. The van der Waals surface area contributed by atoms with Crippen LogP contribution < -0.4 is 4.74 Å². The molecule has 0 radical (unpaired) electrons. The normalized spacial score (nSPS) is 13.7. The first-order chi connectivity index (χ1) is 9.15. The number of carbonyl (C=O) groups is 1. The molecule has 100 valence electrons. The Bertz CT molecular complexity index is 515. The molecular weight excluding hydrogens is 242 g/mol. The molecule has 4 nitrogen and oxygen atoms in total. The lowest BCUT2D eigenvalue weighted by Crippen LogP contribution is -2.33. The van der Waals surface area contributed by atoms with Crippen LogP contribution in [0.2, 0.25) is 0 Å². The average Bonchev–Trinajstić information content (AvgIpc) is 3.21. The highest BCUT2D eigenvalue weighted by Gasteiger charge is 2.27. The number of nitrogens with zero attached hydrogens (tertiary/aromatic N) is 1. The molecule has 19 heavy (non-hydrogen) atoms. The standard InChI is InChI=1S/C15H17NO3/c1-3-8-16(10-11-4-5-11)15(18)13-7-6-12(19-2)9-14(13)17/h1,6-7,9,11,17H,4-5,8,10H2,2H3. The molecule has 1 aromatic carbocycles. The average molecular weight is 259 g/mol. The van der Waals surface area contributed by atoms with E-state index in [0.29, 0.717) is 18.2 Å². The zero-order valence-electron chi connectivity index (χ0n) is 10.9. The quantitative estimate of drug-likeness (QED) is 0.821. The lowest BCUT2D eigenvalue weighted by atomic mass is 10.1. The monoisotopic (exact) mass is 259 g/mol. The molecule has 0 heterocycles. The third-order valence-electron chi connectivity index (χ3n) is 3.18. The van der Waals surface area contributed by atoms with Crippen molar-refractivity contribution in [1.29, 1.82) is 0 Å². The van der Waals surface area contributed by atoms with Gasteiger partial charge in [-0.3, -0.25) is 4.79 Å². The fraction of sp³-hybridized carbons (Fsp3) is 0.400. The van der Waals surface area contributed by atoms with Gasteiger partial charge in [-0.2, -0.15) is 0 Å². The van der Waals surface area contributed by atoms with Gasteiger partial charge in [-0.1, -0.05) is 5.92 Å². The van der Waals surface area contributed by atoms with E-state index >= 15 is 0 Å². The number of benzene rings is 1. The van der Waals surface area contributed by atoms with Crippen molar-refractivity contribution in [3.63, 3.8) is 0 Å². The lowest BCUT2D eigenvalue weighted by molar-refractivity contribution is 0.0766. The van der Waals surface area contributed by atoms with Crippen molar-refractivity contribution in [2.45, 2.75) is 12.8 Å². The SMILES string of the molecule is C#CCN(CC1CC1)C(=O)c1ccc(OC)cc1O. The summed E-state index contributed by atoms with van der Waals surface area (Å²) in [4.78, 5) is 14.0. The lowest BCUT2D eigenvalue weighted by Gasteiger charge is -2.20. The van der Waals surface area contributed by atoms with Crippen LogP contribution in [0, 0.1) is 18.3 Å². The topological polar surface area (TPSA) is 49.8 Å². The van der Waals surface area contributed by atoms with E-state index in [0.717, 1.165) is 12.8 Å². The molecule has 1 fully saturated rings. The fourth-order valence-electron chi connectivity index (χ4n) is 1.93. The molecule has 2 rings (SSSR count). The van der Waals surface area contributed by atoms with Crippen LogP contribution in [-0.2, 0) is 0 Å². The predicted octanol–water partition coefficient (Wildman–Crippen LogP) is 1.89. The molecule has 4 heteroatoms. The van der Waals surface area contributed by atoms with Crippen molar-refractivity contribution < 1.29 is 14.6 Å². The van der Waals surface area contributed by atoms with Gasteiger partial charge in [0.25, 0.3) is 5.91 Å². The van der Waals surface area contributed by atoms with E-state index in [1.807, 2.05) is 0 Å². The zero-order chi connectivity index (χ0) is 13.8. The van der Waals surface area contributed by atoms with Gasteiger partial charge in [-0.25, -0.2) is 0 Å². The van der Waals surface area contributed by atoms with E-state index in [4.69, 9.17) is 11.2 Å². The van der Waals surface area contributed by atoms with Crippen molar-refractivity contribution in [2.75, 3.05) is 20.2 Å². The van der Waals surface area contributed by atoms with Gasteiger partial charge >= 0.3 is 0 Å². The van der Waals surface area contributed by atoms with Crippen LogP contribution in [0.3, 0.4) is 0 Å². The summed E-state index contributed by atoms with van der Waals surface area (Å²) in [5.41, 5.74) is 0.261. The van der Waals surface area contributed by atoms with Crippen LogP contribution in [0.15, 0.2) is 18.2 Å². The van der Waals surface area contributed by atoms with Crippen molar-refractivity contribution in [1.82, 2.24) is 4.90 Å². The molecule has 0 unspecified atom stereocenters. The number of phenols is 1. The Morgan fingerprint density at radius 3 is 2.84 bits per heavy atom. The highest BCUT2D eigenvalue weighted by atomic mass is 16.5. The minimum atomic E-state index is -0.231. The van der Waals surface area contributed by atoms with Crippen molar-refractivity contribution in [3.05, 3.63) is 23.8 Å². The zero-order valence-corrected chi connectivity index (χ0v) is 10.9. The number of hydrogen-bond acceptors (Lipinski definition) is 3. The van der Waals surface area contributed by atoms with Crippen LogP contribution in [0.4, 0.5) is 0 Å². The van der Waals surface area contributed by atoms with E-state index in [-0.39, 0.29) is 23.8 Å². The third-order valence-corrected chi connectivity index (χ3v) is 3.18. The first kappa shape index (κ1) is 13.3. The van der Waals surface area contributed by atoms with Gasteiger partial charge in [-0.05, 0) is 30.9 Å². The van der Waals surface area contributed by atoms with Crippen molar-refractivity contribution in [3.8, 4) is 23.8 Å². The minimum absolute atomic E-state index is 0.0813. The van der Waals surface area contributed by atoms with Gasteiger partial charge in [0.2, 0.25) is 0 Å². The largest absolute Gasteiger partial charge is 0.507 e. The van der Waals surface area contributed by atoms with E-state index in [9.17, 15) is 9.90 Å². The Labute approximate surface area is 113 Å². The Balaban J connectivity index is 2.18. The Morgan fingerprint density at radius 1 is 1.58 bits per heavy atom. The molecule has 0 spiro atoms. The molecule has 1 aliphatic rings. The summed E-state index contributed by atoms with van der Waals surface area (Å²) in [5.74, 6) is 3.25. The highest BCUT2D eigenvalue weighted by Crippen LogP contribution is 2.31. The number of rotatable bonds is 5. The van der Waals surface area contributed by atoms with Crippen LogP contribution in [0.25, 0.3) is 0 Å². The molecule has 0 aromatic heterocycles. The summed E-state index contributed by atoms with van der Waals surface area (Å²) in [6.45, 7) is 0.926. The Hall–Kier alpha value is -2.15. The summed E-state index contributed by atoms with van der Waals surface area (Å²) in [6, 6.07) is 4.64. The van der Waals surface area contributed by atoms with Gasteiger partial charge in [-0.15, -0.1) is 6.42 Å². The molecule has 0 aliphatic heterocycles. The number of terminal acetylenes is 1.